The Labute approximate surface area is 80.5 Å². The van der Waals surface area contributed by atoms with Gasteiger partial charge in [0.25, 0.3) is 0 Å². The number of amides is 2. The van der Waals surface area contributed by atoms with Crippen LogP contribution in [0.3, 0.4) is 0 Å². The molecule has 3 heteroatoms. The third kappa shape index (κ3) is 2.36. The highest BCUT2D eigenvalue weighted by atomic mass is 16.2. The van der Waals surface area contributed by atoms with E-state index in [-0.39, 0.29) is 6.03 Å². The molecule has 1 fully saturated rings. The largest absolute Gasteiger partial charge is 0.337 e. The number of urea groups is 1. The van der Waals surface area contributed by atoms with Crippen molar-refractivity contribution in [2.75, 3.05) is 20.6 Å². The maximum absolute atomic E-state index is 11.3. The Morgan fingerprint density at radius 3 is 2.31 bits per heavy atom. The highest BCUT2D eigenvalue weighted by molar-refractivity contribution is 5.73. The van der Waals surface area contributed by atoms with Crippen molar-refractivity contribution in [2.45, 2.75) is 26.7 Å². The third-order valence-corrected chi connectivity index (χ3v) is 3.11. The Kier molecular flexibility index (Phi) is 2.84. The second-order valence-corrected chi connectivity index (χ2v) is 4.57. The maximum Gasteiger partial charge on any atom is 0.316 e. The van der Waals surface area contributed by atoms with Gasteiger partial charge in [0.15, 0.2) is 0 Å². The topological polar surface area (TPSA) is 32.3 Å². The molecule has 0 aromatic heterocycles. The second-order valence-electron chi connectivity index (χ2n) is 4.57. The molecule has 76 valence electrons. The van der Waals surface area contributed by atoms with Gasteiger partial charge in [-0.05, 0) is 24.2 Å². The zero-order chi connectivity index (χ0) is 10.1. The summed E-state index contributed by atoms with van der Waals surface area (Å²) in [6.07, 6.45) is 2.52. The van der Waals surface area contributed by atoms with Gasteiger partial charge in [-0.25, -0.2) is 4.79 Å². The van der Waals surface area contributed by atoms with Gasteiger partial charge in [-0.1, -0.05) is 13.8 Å². The van der Waals surface area contributed by atoms with Crippen LogP contribution in [0.2, 0.25) is 0 Å². The monoisotopic (exact) mass is 184 g/mol. The SMILES string of the molecule is CC(C)C1(CNC(=O)N(C)C)CC1. The van der Waals surface area contributed by atoms with Gasteiger partial charge < -0.3 is 10.2 Å². The fraction of sp³-hybridized carbons (Fsp3) is 0.900. The lowest BCUT2D eigenvalue weighted by atomic mass is 9.92. The Morgan fingerprint density at radius 1 is 1.46 bits per heavy atom. The molecular weight excluding hydrogens is 164 g/mol. The molecule has 0 atom stereocenters. The van der Waals surface area contributed by atoms with Crippen molar-refractivity contribution < 1.29 is 4.79 Å². The summed E-state index contributed by atoms with van der Waals surface area (Å²) in [5, 5.41) is 2.95. The molecule has 1 aliphatic rings. The zero-order valence-electron chi connectivity index (χ0n) is 9.05. The van der Waals surface area contributed by atoms with Gasteiger partial charge in [0, 0.05) is 20.6 Å². The lowest BCUT2D eigenvalue weighted by molar-refractivity contribution is 0.211. The molecule has 0 heterocycles. The van der Waals surface area contributed by atoms with Gasteiger partial charge in [0.1, 0.15) is 0 Å². The molecule has 1 N–H and O–H groups in total. The molecular formula is C10H20N2O. The molecule has 0 bridgehead atoms. The molecule has 0 aromatic carbocycles. The molecule has 1 saturated carbocycles. The summed E-state index contributed by atoms with van der Waals surface area (Å²) in [5.41, 5.74) is 0.408. The van der Waals surface area contributed by atoms with Gasteiger partial charge in [-0.2, -0.15) is 0 Å². The normalized spacial score (nSPS) is 18.5. The van der Waals surface area contributed by atoms with Crippen molar-refractivity contribution in [2.24, 2.45) is 11.3 Å². The first-order chi connectivity index (χ1) is 5.98. The van der Waals surface area contributed by atoms with Gasteiger partial charge in [-0.3, -0.25) is 0 Å². The van der Waals surface area contributed by atoms with Crippen LogP contribution in [0.5, 0.6) is 0 Å². The lowest BCUT2D eigenvalue weighted by Gasteiger charge is -2.21. The van der Waals surface area contributed by atoms with E-state index in [0.29, 0.717) is 11.3 Å². The summed E-state index contributed by atoms with van der Waals surface area (Å²) in [7, 11) is 3.54. The van der Waals surface area contributed by atoms with Crippen LogP contribution in [0, 0.1) is 11.3 Å². The summed E-state index contributed by atoms with van der Waals surface area (Å²) >= 11 is 0. The van der Waals surface area contributed by atoms with Crippen LogP contribution in [0.15, 0.2) is 0 Å². The van der Waals surface area contributed by atoms with E-state index in [1.807, 2.05) is 0 Å². The van der Waals surface area contributed by atoms with Crippen molar-refractivity contribution in [3.05, 3.63) is 0 Å². The highest BCUT2D eigenvalue weighted by Gasteiger charge is 2.45. The molecule has 13 heavy (non-hydrogen) atoms. The van der Waals surface area contributed by atoms with E-state index in [0.717, 1.165) is 6.54 Å². The molecule has 0 spiro atoms. The van der Waals surface area contributed by atoms with E-state index in [2.05, 4.69) is 19.2 Å². The number of nitrogens with one attached hydrogen (secondary N) is 1. The van der Waals surface area contributed by atoms with Crippen LogP contribution in [-0.4, -0.2) is 31.6 Å². The second kappa shape index (κ2) is 3.56. The molecule has 0 radical (unpaired) electrons. The molecule has 0 saturated heterocycles. The maximum atomic E-state index is 11.3. The molecule has 3 nitrogen and oxygen atoms in total. The lowest BCUT2D eigenvalue weighted by Crippen LogP contribution is -2.39. The zero-order valence-corrected chi connectivity index (χ0v) is 9.05. The van der Waals surface area contributed by atoms with E-state index in [1.54, 1.807) is 19.0 Å². The Bertz CT molecular complexity index is 195. The van der Waals surface area contributed by atoms with Gasteiger partial charge in [0.2, 0.25) is 0 Å². The number of hydrogen-bond acceptors (Lipinski definition) is 1. The van der Waals surface area contributed by atoms with Crippen LogP contribution >= 0.6 is 0 Å². The van der Waals surface area contributed by atoms with E-state index in [1.165, 1.54) is 12.8 Å². The van der Waals surface area contributed by atoms with Crippen LogP contribution in [0.25, 0.3) is 0 Å². The standard InChI is InChI=1S/C10H20N2O/c1-8(2)10(5-6-10)7-11-9(13)12(3)4/h8H,5-7H2,1-4H3,(H,11,13). The van der Waals surface area contributed by atoms with Crippen molar-refractivity contribution in [3.63, 3.8) is 0 Å². The van der Waals surface area contributed by atoms with Crippen molar-refractivity contribution in [1.29, 1.82) is 0 Å². The Balaban J connectivity index is 2.31. The number of rotatable bonds is 3. The third-order valence-electron chi connectivity index (χ3n) is 3.11. The van der Waals surface area contributed by atoms with E-state index >= 15 is 0 Å². The summed E-state index contributed by atoms with van der Waals surface area (Å²) < 4.78 is 0. The summed E-state index contributed by atoms with van der Waals surface area (Å²) in [5.74, 6) is 0.676. The van der Waals surface area contributed by atoms with Gasteiger partial charge in [0.05, 0.1) is 0 Å². The first kappa shape index (κ1) is 10.4. The minimum absolute atomic E-state index is 0.0203. The minimum atomic E-state index is 0.0203. The minimum Gasteiger partial charge on any atom is -0.337 e. The predicted octanol–water partition coefficient (Wildman–Crippen LogP) is 1.69. The van der Waals surface area contributed by atoms with Crippen molar-refractivity contribution in [3.8, 4) is 0 Å². The van der Waals surface area contributed by atoms with E-state index < -0.39 is 0 Å². The smallest absolute Gasteiger partial charge is 0.316 e. The van der Waals surface area contributed by atoms with Gasteiger partial charge >= 0.3 is 6.03 Å². The van der Waals surface area contributed by atoms with Crippen molar-refractivity contribution in [1.82, 2.24) is 10.2 Å². The van der Waals surface area contributed by atoms with Crippen LogP contribution < -0.4 is 5.32 Å². The molecule has 0 aliphatic heterocycles. The molecule has 0 aromatic rings. The van der Waals surface area contributed by atoms with Crippen molar-refractivity contribution >= 4 is 6.03 Å². The molecule has 0 unspecified atom stereocenters. The molecule has 1 aliphatic carbocycles. The van der Waals surface area contributed by atoms with E-state index in [4.69, 9.17) is 0 Å². The Morgan fingerprint density at radius 2 is 2.00 bits per heavy atom. The van der Waals surface area contributed by atoms with Crippen LogP contribution in [-0.2, 0) is 0 Å². The fourth-order valence-corrected chi connectivity index (χ4v) is 1.53. The molecule has 1 rings (SSSR count). The van der Waals surface area contributed by atoms with Crippen LogP contribution in [0.4, 0.5) is 4.79 Å². The number of hydrogen-bond donors (Lipinski definition) is 1. The average molecular weight is 184 g/mol. The number of carbonyl (C=O) groups excluding carboxylic acids is 1. The van der Waals surface area contributed by atoms with E-state index in [9.17, 15) is 4.79 Å². The summed E-state index contributed by atoms with van der Waals surface area (Å²) in [4.78, 5) is 12.8. The summed E-state index contributed by atoms with van der Waals surface area (Å²) in [6, 6.07) is 0.0203. The highest BCUT2D eigenvalue weighted by Crippen LogP contribution is 2.51. The quantitative estimate of drug-likeness (QED) is 0.711. The molecule has 2 amide bonds. The number of carbonyl (C=O) groups is 1. The first-order valence-electron chi connectivity index (χ1n) is 4.93. The Hall–Kier alpha value is -0.730. The summed E-state index contributed by atoms with van der Waals surface area (Å²) in [6.45, 7) is 5.30. The predicted molar refractivity (Wildman–Crippen MR) is 53.6 cm³/mol. The fourth-order valence-electron chi connectivity index (χ4n) is 1.53. The van der Waals surface area contributed by atoms with Crippen LogP contribution in [0.1, 0.15) is 26.7 Å². The average Bonchev–Trinajstić information content (AvgIpc) is 2.80. The first-order valence-corrected chi connectivity index (χ1v) is 4.93. The number of nitrogens with zero attached hydrogens (tertiary/aromatic N) is 1. The van der Waals surface area contributed by atoms with Gasteiger partial charge in [-0.15, -0.1) is 0 Å².